The molecule has 0 aliphatic carbocycles. The first-order valence-corrected chi connectivity index (χ1v) is 8.29. The Kier molecular flexibility index (Phi) is 4.01. The summed E-state index contributed by atoms with van der Waals surface area (Å²) in [6.07, 6.45) is 6.85. The topological polar surface area (TPSA) is 92.6 Å². The van der Waals surface area contributed by atoms with Crippen molar-refractivity contribution in [1.29, 1.82) is 0 Å². The van der Waals surface area contributed by atoms with Crippen LogP contribution >= 0.6 is 0 Å². The zero-order chi connectivity index (χ0) is 17.2. The van der Waals surface area contributed by atoms with Gasteiger partial charge >= 0.3 is 0 Å². The lowest BCUT2D eigenvalue weighted by Gasteiger charge is -2.16. The van der Waals surface area contributed by atoms with Crippen LogP contribution < -0.4 is 0 Å². The summed E-state index contributed by atoms with van der Waals surface area (Å²) in [6, 6.07) is 5.53. The minimum absolute atomic E-state index is 0.0394. The number of amides is 1. The molecular formula is C17H19N7O. The van der Waals surface area contributed by atoms with Crippen LogP contribution in [0, 0.1) is 5.92 Å². The van der Waals surface area contributed by atoms with E-state index in [0.29, 0.717) is 17.4 Å². The van der Waals surface area contributed by atoms with Gasteiger partial charge in [-0.3, -0.25) is 19.6 Å². The molecule has 1 fully saturated rings. The number of nitrogens with one attached hydrogen (secondary N) is 1. The minimum Gasteiger partial charge on any atom is -0.337 e. The van der Waals surface area contributed by atoms with Crippen LogP contribution in [0.3, 0.4) is 0 Å². The second-order valence-corrected chi connectivity index (χ2v) is 6.29. The van der Waals surface area contributed by atoms with E-state index < -0.39 is 0 Å². The highest BCUT2D eigenvalue weighted by atomic mass is 16.2. The van der Waals surface area contributed by atoms with Gasteiger partial charge in [0.25, 0.3) is 5.91 Å². The van der Waals surface area contributed by atoms with Gasteiger partial charge in [0.05, 0.1) is 0 Å². The zero-order valence-corrected chi connectivity index (χ0v) is 14.0. The van der Waals surface area contributed by atoms with Crippen LogP contribution in [0.1, 0.15) is 22.7 Å². The van der Waals surface area contributed by atoms with E-state index in [1.807, 2.05) is 17.0 Å². The first-order chi connectivity index (χ1) is 12.2. The average molecular weight is 337 g/mol. The van der Waals surface area contributed by atoms with Crippen LogP contribution in [0.15, 0.2) is 36.8 Å². The Morgan fingerprint density at radius 3 is 2.88 bits per heavy atom. The second-order valence-electron chi connectivity index (χ2n) is 6.29. The Bertz CT molecular complexity index is 870. The number of likely N-dealkylation sites (tertiary alicyclic amines) is 1. The number of aromatic amines is 1. The van der Waals surface area contributed by atoms with Gasteiger partial charge in [0, 0.05) is 50.7 Å². The third-order valence-corrected chi connectivity index (χ3v) is 4.57. The number of hydrogen-bond acceptors (Lipinski definition) is 5. The lowest BCUT2D eigenvalue weighted by atomic mass is 10.1. The van der Waals surface area contributed by atoms with Crippen LogP contribution in [0.4, 0.5) is 0 Å². The zero-order valence-electron chi connectivity index (χ0n) is 14.0. The molecule has 1 atom stereocenters. The first-order valence-electron chi connectivity index (χ1n) is 8.29. The SMILES string of the molecule is Cn1nccc1C(=O)N1CCC(Cc2nc(-c3ccncc3)n[nH]2)C1. The highest BCUT2D eigenvalue weighted by molar-refractivity contribution is 5.92. The van der Waals surface area contributed by atoms with Crippen molar-refractivity contribution in [2.45, 2.75) is 12.8 Å². The molecule has 3 aromatic rings. The third kappa shape index (κ3) is 3.15. The van der Waals surface area contributed by atoms with Crippen LogP contribution in [0.25, 0.3) is 11.4 Å². The summed E-state index contributed by atoms with van der Waals surface area (Å²) in [4.78, 5) is 23.0. The summed E-state index contributed by atoms with van der Waals surface area (Å²) in [6.45, 7) is 1.50. The molecular weight excluding hydrogens is 318 g/mol. The maximum atomic E-state index is 12.5. The minimum atomic E-state index is 0.0394. The molecule has 0 bridgehead atoms. The average Bonchev–Trinajstić information content (AvgIpc) is 3.37. The van der Waals surface area contributed by atoms with Crippen molar-refractivity contribution in [2.24, 2.45) is 13.0 Å². The Hall–Kier alpha value is -3.03. The van der Waals surface area contributed by atoms with Crippen molar-refractivity contribution in [1.82, 2.24) is 34.8 Å². The summed E-state index contributed by atoms with van der Waals surface area (Å²) in [5, 5.41) is 11.4. The monoisotopic (exact) mass is 337 g/mol. The third-order valence-electron chi connectivity index (χ3n) is 4.57. The summed E-state index contributed by atoms with van der Waals surface area (Å²) < 4.78 is 1.62. The molecule has 1 saturated heterocycles. The van der Waals surface area contributed by atoms with Gasteiger partial charge in [-0.05, 0) is 30.5 Å². The van der Waals surface area contributed by atoms with Gasteiger partial charge in [-0.2, -0.15) is 10.2 Å². The highest BCUT2D eigenvalue weighted by Gasteiger charge is 2.29. The molecule has 1 aliphatic rings. The fraction of sp³-hybridized carbons (Fsp3) is 0.353. The van der Waals surface area contributed by atoms with Gasteiger partial charge in [0.1, 0.15) is 11.5 Å². The maximum Gasteiger partial charge on any atom is 0.272 e. The summed E-state index contributed by atoms with van der Waals surface area (Å²) in [7, 11) is 1.79. The maximum absolute atomic E-state index is 12.5. The number of rotatable bonds is 4. The van der Waals surface area contributed by atoms with E-state index in [4.69, 9.17) is 0 Å². The van der Waals surface area contributed by atoms with E-state index in [9.17, 15) is 4.79 Å². The fourth-order valence-electron chi connectivity index (χ4n) is 3.22. The van der Waals surface area contributed by atoms with Crippen molar-refractivity contribution < 1.29 is 4.79 Å². The smallest absolute Gasteiger partial charge is 0.272 e. The Morgan fingerprint density at radius 2 is 2.12 bits per heavy atom. The Morgan fingerprint density at radius 1 is 1.28 bits per heavy atom. The molecule has 3 aromatic heterocycles. The molecule has 1 amide bonds. The van der Waals surface area contributed by atoms with Gasteiger partial charge in [0.2, 0.25) is 0 Å². The first kappa shape index (κ1) is 15.5. The fourth-order valence-corrected chi connectivity index (χ4v) is 3.22. The van der Waals surface area contributed by atoms with Crippen molar-refractivity contribution in [3.63, 3.8) is 0 Å². The van der Waals surface area contributed by atoms with Crippen molar-refractivity contribution in [3.8, 4) is 11.4 Å². The molecule has 4 rings (SSSR count). The number of carbonyl (C=O) groups is 1. The summed E-state index contributed by atoms with van der Waals surface area (Å²) >= 11 is 0. The molecule has 0 spiro atoms. The van der Waals surface area contributed by atoms with Gasteiger partial charge in [0.15, 0.2) is 5.82 Å². The van der Waals surface area contributed by atoms with Gasteiger partial charge in [-0.25, -0.2) is 4.98 Å². The predicted molar refractivity (Wildman–Crippen MR) is 90.5 cm³/mol. The lowest BCUT2D eigenvalue weighted by molar-refractivity contribution is 0.0776. The quantitative estimate of drug-likeness (QED) is 0.775. The molecule has 8 heteroatoms. The predicted octanol–water partition coefficient (Wildman–Crippen LogP) is 1.30. The van der Waals surface area contributed by atoms with Crippen molar-refractivity contribution >= 4 is 5.91 Å². The molecule has 0 radical (unpaired) electrons. The van der Waals surface area contributed by atoms with Gasteiger partial charge in [-0.15, -0.1) is 0 Å². The van der Waals surface area contributed by atoms with E-state index in [2.05, 4.69) is 25.3 Å². The molecule has 4 heterocycles. The number of aromatic nitrogens is 6. The molecule has 0 aromatic carbocycles. The number of nitrogens with zero attached hydrogens (tertiary/aromatic N) is 6. The van der Waals surface area contributed by atoms with E-state index >= 15 is 0 Å². The number of pyridine rings is 1. The number of hydrogen-bond donors (Lipinski definition) is 1. The van der Waals surface area contributed by atoms with Crippen LogP contribution in [0.5, 0.6) is 0 Å². The Balaban J connectivity index is 1.39. The Labute approximate surface area is 144 Å². The molecule has 1 aliphatic heterocycles. The normalized spacial score (nSPS) is 17.2. The number of aryl methyl sites for hydroxylation is 1. The molecule has 1 N–H and O–H groups in total. The van der Waals surface area contributed by atoms with Crippen molar-refractivity contribution in [3.05, 3.63) is 48.3 Å². The van der Waals surface area contributed by atoms with E-state index in [-0.39, 0.29) is 5.91 Å². The molecule has 8 nitrogen and oxygen atoms in total. The largest absolute Gasteiger partial charge is 0.337 e. The standard InChI is InChI=1S/C17H19N7O/c1-23-14(4-8-19-23)17(25)24-9-5-12(11-24)10-15-20-16(22-21-15)13-2-6-18-7-3-13/h2-4,6-8,12H,5,9-11H2,1H3,(H,20,21,22). The highest BCUT2D eigenvalue weighted by Crippen LogP contribution is 2.22. The van der Waals surface area contributed by atoms with Gasteiger partial charge in [-0.1, -0.05) is 0 Å². The van der Waals surface area contributed by atoms with E-state index in [0.717, 1.165) is 37.3 Å². The molecule has 1 unspecified atom stereocenters. The van der Waals surface area contributed by atoms with E-state index in [1.165, 1.54) is 0 Å². The molecule has 25 heavy (non-hydrogen) atoms. The van der Waals surface area contributed by atoms with Crippen molar-refractivity contribution in [2.75, 3.05) is 13.1 Å². The van der Waals surface area contributed by atoms with Gasteiger partial charge < -0.3 is 4.90 Å². The van der Waals surface area contributed by atoms with Crippen LogP contribution in [-0.2, 0) is 13.5 Å². The number of H-pyrrole nitrogens is 1. The lowest BCUT2D eigenvalue weighted by Crippen LogP contribution is -2.30. The van der Waals surface area contributed by atoms with Crippen LogP contribution in [-0.4, -0.2) is 53.8 Å². The number of carbonyl (C=O) groups excluding carboxylic acids is 1. The molecule has 0 saturated carbocycles. The van der Waals surface area contributed by atoms with Crippen LogP contribution in [0.2, 0.25) is 0 Å². The molecule has 128 valence electrons. The van der Waals surface area contributed by atoms with E-state index in [1.54, 1.807) is 36.4 Å². The second kappa shape index (κ2) is 6.46. The summed E-state index contributed by atoms with van der Waals surface area (Å²) in [5.41, 5.74) is 1.57. The summed E-state index contributed by atoms with van der Waals surface area (Å²) in [5.74, 6) is 1.96.